The summed E-state index contributed by atoms with van der Waals surface area (Å²) in [6.45, 7) is 6.81. The summed E-state index contributed by atoms with van der Waals surface area (Å²) in [7, 11) is 2.02. The fourth-order valence-corrected chi connectivity index (χ4v) is 2.40. The lowest BCUT2D eigenvalue weighted by Crippen LogP contribution is -2.28. The quantitative estimate of drug-likeness (QED) is 0.889. The highest BCUT2D eigenvalue weighted by atomic mass is 15.3. The molecule has 0 amide bonds. The molecule has 3 nitrogen and oxygen atoms in total. The summed E-state index contributed by atoms with van der Waals surface area (Å²) >= 11 is 0. The van der Waals surface area contributed by atoms with Crippen molar-refractivity contribution in [1.29, 1.82) is 0 Å². The van der Waals surface area contributed by atoms with Crippen LogP contribution < -0.4 is 5.32 Å². The molecule has 0 aliphatic heterocycles. The number of benzene rings is 1. The Hall–Kier alpha value is -1.61. The molecular weight excluding hydrogens is 234 g/mol. The summed E-state index contributed by atoms with van der Waals surface area (Å²) in [5.74, 6) is 1.17. The van der Waals surface area contributed by atoms with Gasteiger partial charge in [0.25, 0.3) is 0 Å². The van der Waals surface area contributed by atoms with Gasteiger partial charge in [0.15, 0.2) is 0 Å². The largest absolute Gasteiger partial charge is 0.311 e. The molecule has 0 fully saturated rings. The standard InChI is InChI=1S/C16H23N3/c1-12(2)13(3)16(17-4)15-10-11-18-19(15)14-8-6-5-7-9-14/h5-13,16-17H,1-4H3. The molecule has 1 aromatic carbocycles. The average Bonchev–Trinajstić information content (AvgIpc) is 2.89. The molecule has 1 heterocycles. The van der Waals surface area contributed by atoms with Gasteiger partial charge >= 0.3 is 0 Å². The Bertz CT molecular complexity index is 502. The van der Waals surface area contributed by atoms with Crippen LogP contribution in [0, 0.1) is 11.8 Å². The van der Waals surface area contributed by atoms with Crippen molar-refractivity contribution in [3.63, 3.8) is 0 Å². The van der Waals surface area contributed by atoms with Crippen molar-refractivity contribution in [2.24, 2.45) is 11.8 Å². The first-order chi connectivity index (χ1) is 9.15. The summed E-state index contributed by atoms with van der Waals surface area (Å²) in [6.07, 6.45) is 1.87. The van der Waals surface area contributed by atoms with E-state index in [9.17, 15) is 0 Å². The molecule has 2 aromatic rings. The lowest BCUT2D eigenvalue weighted by molar-refractivity contribution is 0.308. The van der Waals surface area contributed by atoms with Crippen molar-refractivity contribution in [3.8, 4) is 5.69 Å². The number of hydrogen-bond acceptors (Lipinski definition) is 2. The Morgan fingerprint density at radius 3 is 2.32 bits per heavy atom. The van der Waals surface area contributed by atoms with Crippen molar-refractivity contribution in [3.05, 3.63) is 48.3 Å². The van der Waals surface area contributed by atoms with Crippen LogP contribution in [0.4, 0.5) is 0 Å². The highest BCUT2D eigenvalue weighted by Gasteiger charge is 2.23. The predicted molar refractivity (Wildman–Crippen MR) is 79.4 cm³/mol. The molecule has 0 radical (unpaired) electrons. The molecule has 0 bridgehead atoms. The Morgan fingerprint density at radius 2 is 1.74 bits per heavy atom. The van der Waals surface area contributed by atoms with E-state index >= 15 is 0 Å². The minimum absolute atomic E-state index is 0.308. The van der Waals surface area contributed by atoms with Crippen LogP contribution in [0.2, 0.25) is 0 Å². The Labute approximate surface area is 115 Å². The topological polar surface area (TPSA) is 29.9 Å². The summed E-state index contributed by atoms with van der Waals surface area (Å²) in [6, 6.07) is 12.7. The van der Waals surface area contributed by atoms with E-state index in [0.29, 0.717) is 17.9 Å². The molecule has 2 rings (SSSR count). The van der Waals surface area contributed by atoms with Crippen LogP contribution in [-0.2, 0) is 0 Å². The zero-order valence-corrected chi connectivity index (χ0v) is 12.2. The number of hydrogen-bond donors (Lipinski definition) is 1. The number of para-hydroxylation sites is 1. The fourth-order valence-electron chi connectivity index (χ4n) is 2.40. The second kappa shape index (κ2) is 6.02. The molecule has 0 aliphatic carbocycles. The van der Waals surface area contributed by atoms with E-state index in [1.165, 1.54) is 5.69 Å². The summed E-state index contributed by atoms with van der Waals surface area (Å²) < 4.78 is 2.03. The maximum absolute atomic E-state index is 4.47. The second-order valence-corrected chi connectivity index (χ2v) is 5.37. The Kier molecular flexibility index (Phi) is 4.38. The molecule has 2 atom stereocenters. The number of nitrogens with one attached hydrogen (secondary N) is 1. The molecule has 19 heavy (non-hydrogen) atoms. The number of aromatic nitrogens is 2. The lowest BCUT2D eigenvalue weighted by Gasteiger charge is -2.27. The second-order valence-electron chi connectivity index (χ2n) is 5.37. The number of rotatable bonds is 5. The summed E-state index contributed by atoms with van der Waals surface area (Å²) in [5, 5.41) is 7.91. The lowest BCUT2D eigenvalue weighted by atomic mass is 9.88. The van der Waals surface area contributed by atoms with E-state index < -0.39 is 0 Å². The van der Waals surface area contributed by atoms with Crippen molar-refractivity contribution in [2.45, 2.75) is 26.8 Å². The third-order valence-electron chi connectivity index (χ3n) is 3.88. The van der Waals surface area contributed by atoms with Gasteiger partial charge in [-0.1, -0.05) is 39.0 Å². The maximum Gasteiger partial charge on any atom is 0.0649 e. The first-order valence-electron chi connectivity index (χ1n) is 6.91. The molecule has 0 spiro atoms. The van der Waals surface area contributed by atoms with Crippen LogP contribution in [-0.4, -0.2) is 16.8 Å². The summed E-state index contributed by atoms with van der Waals surface area (Å²) in [4.78, 5) is 0. The van der Waals surface area contributed by atoms with Crippen LogP contribution >= 0.6 is 0 Å². The van der Waals surface area contributed by atoms with Gasteiger partial charge in [0, 0.05) is 6.20 Å². The van der Waals surface area contributed by atoms with Gasteiger partial charge in [-0.05, 0) is 37.1 Å². The third-order valence-corrected chi connectivity index (χ3v) is 3.88. The minimum Gasteiger partial charge on any atom is -0.311 e. The van der Waals surface area contributed by atoms with Crippen molar-refractivity contribution in [2.75, 3.05) is 7.05 Å². The SMILES string of the molecule is CNC(c1ccnn1-c1ccccc1)C(C)C(C)C. The van der Waals surface area contributed by atoms with Crippen LogP contribution in [0.25, 0.3) is 5.69 Å². The monoisotopic (exact) mass is 257 g/mol. The van der Waals surface area contributed by atoms with Crippen LogP contribution in [0.1, 0.15) is 32.5 Å². The van der Waals surface area contributed by atoms with E-state index in [4.69, 9.17) is 0 Å². The van der Waals surface area contributed by atoms with Gasteiger partial charge in [0.1, 0.15) is 0 Å². The fraction of sp³-hybridized carbons (Fsp3) is 0.438. The van der Waals surface area contributed by atoms with Gasteiger partial charge in [-0.3, -0.25) is 0 Å². The van der Waals surface area contributed by atoms with Crippen molar-refractivity contribution < 1.29 is 0 Å². The Balaban J connectivity index is 2.38. The highest BCUT2D eigenvalue weighted by molar-refractivity contribution is 5.33. The van der Waals surface area contributed by atoms with Crippen molar-refractivity contribution >= 4 is 0 Å². The van der Waals surface area contributed by atoms with E-state index in [-0.39, 0.29) is 0 Å². The average molecular weight is 257 g/mol. The summed E-state index contributed by atoms with van der Waals surface area (Å²) in [5.41, 5.74) is 2.33. The van der Waals surface area contributed by atoms with Crippen LogP contribution in [0.15, 0.2) is 42.6 Å². The van der Waals surface area contributed by atoms with E-state index in [0.717, 1.165) is 5.69 Å². The molecule has 102 valence electrons. The molecule has 0 saturated carbocycles. The van der Waals surface area contributed by atoms with Gasteiger partial charge in [0.2, 0.25) is 0 Å². The normalized spacial score (nSPS) is 14.6. The molecule has 0 saturated heterocycles. The van der Waals surface area contributed by atoms with E-state index in [1.807, 2.05) is 36.1 Å². The molecule has 3 heteroatoms. The van der Waals surface area contributed by atoms with Gasteiger partial charge in [-0.15, -0.1) is 0 Å². The van der Waals surface area contributed by atoms with Gasteiger partial charge in [-0.2, -0.15) is 5.10 Å². The highest BCUT2D eigenvalue weighted by Crippen LogP contribution is 2.28. The van der Waals surface area contributed by atoms with E-state index in [2.05, 4.69) is 49.4 Å². The molecule has 2 unspecified atom stereocenters. The van der Waals surface area contributed by atoms with Crippen LogP contribution in [0.5, 0.6) is 0 Å². The number of nitrogens with zero attached hydrogens (tertiary/aromatic N) is 2. The van der Waals surface area contributed by atoms with Gasteiger partial charge in [0.05, 0.1) is 17.4 Å². The van der Waals surface area contributed by atoms with Gasteiger partial charge < -0.3 is 5.32 Å². The third kappa shape index (κ3) is 2.87. The maximum atomic E-state index is 4.47. The molecular formula is C16H23N3. The molecule has 0 aliphatic rings. The van der Waals surface area contributed by atoms with Gasteiger partial charge in [-0.25, -0.2) is 4.68 Å². The van der Waals surface area contributed by atoms with Crippen molar-refractivity contribution in [1.82, 2.24) is 15.1 Å². The zero-order chi connectivity index (χ0) is 13.8. The first-order valence-corrected chi connectivity index (χ1v) is 6.91. The van der Waals surface area contributed by atoms with Crippen LogP contribution in [0.3, 0.4) is 0 Å². The smallest absolute Gasteiger partial charge is 0.0649 e. The minimum atomic E-state index is 0.308. The predicted octanol–water partition coefficient (Wildman–Crippen LogP) is 3.42. The Morgan fingerprint density at radius 1 is 1.05 bits per heavy atom. The van der Waals surface area contributed by atoms with E-state index in [1.54, 1.807) is 0 Å². The zero-order valence-electron chi connectivity index (χ0n) is 12.2. The molecule has 1 N–H and O–H groups in total. The molecule has 1 aromatic heterocycles. The first kappa shape index (κ1) is 13.8.